The molecule has 0 rings (SSSR count). The standard InChI is InChI=1S/C13H25N3O4/c1-6-15(7-2)10(17)8-14-12(20)16(9-11(18)19)13(3,4)5/h6-9H2,1-5H3,(H,14,20)(H,18,19). The molecule has 0 aliphatic rings. The van der Waals surface area contributed by atoms with E-state index in [-0.39, 0.29) is 12.5 Å². The molecule has 0 atom stereocenters. The molecule has 0 aliphatic carbocycles. The number of urea groups is 1. The summed E-state index contributed by atoms with van der Waals surface area (Å²) in [6, 6.07) is -0.555. The molecule has 0 bridgehead atoms. The fourth-order valence-corrected chi connectivity index (χ4v) is 1.68. The van der Waals surface area contributed by atoms with E-state index in [1.54, 1.807) is 25.7 Å². The third-order valence-corrected chi connectivity index (χ3v) is 2.86. The first-order valence-corrected chi connectivity index (χ1v) is 6.68. The van der Waals surface area contributed by atoms with Gasteiger partial charge >= 0.3 is 12.0 Å². The van der Waals surface area contributed by atoms with Crippen LogP contribution < -0.4 is 5.32 Å². The highest BCUT2D eigenvalue weighted by atomic mass is 16.4. The van der Waals surface area contributed by atoms with Gasteiger partial charge in [-0.05, 0) is 34.6 Å². The Labute approximate surface area is 119 Å². The maximum atomic E-state index is 12.0. The van der Waals surface area contributed by atoms with Crippen molar-refractivity contribution in [1.29, 1.82) is 0 Å². The number of carboxylic acid groups (broad SMARTS) is 1. The fourth-order valence-electron chi connectivity index (χ4n) is 1.68. The van der Waals surface area contributed by atoms with E-state index in [0.29, 0.717) is 13.1 Å². The Kier molecular flexibility index (Phi) is 7.02. The molecule has 0 aromatic carbocycles. The van der Waals surface area contributed by atoms with Crippen molar-refractivity contribution < 1.29 is 19.5 Å². The monoisotopic (exact) mass is 287 g/mol. The number of nitrogens with zero attached hydrogens (tertiary/aromatic N) is 2. The second-order valence-electron chi connectivity index (χ2n) is 5.38. The molecule has 0 spiro atoms. The van der Waals surface area contributed by atoms with Crippen LogP contribution in [-0.2, 0) is 9.59 Å². The maximum Gasteiger partial charge on any atom is 0.323 e. The van der Waals surface area contributed by atoms with E-state index in [1.807, 2.05) is 13.8 Å². The van der Waals surface area contributed by atoms with E-state index in [4.69, 9.17) is 5.11 Å². The summed E-state index contributed by atoms with van der Waals surface area (Å²) in [5.74, 6) is -1.28. The second-order valence-corrected chi connectivity index (χ2v) is 5.38. The predicted molar refractivity (Wildman–Crippen MR) is 75.4 cm³/mol. The Balaban J connectivity index is 4.63. The van der Waals surface area contributed by atoms with E-state index in [0.717, 1.165) is 0 Å². The van der Waals surface area contributed by atoms with Crippen molar-refractivity contribution in [2.75, 3.05) is 26.2 Å². The average molecular weight is 287 g/mol. The topological polar surface area (TPSA) is 90.0 Å². The van der Waals surface area contributed by atoms with Gasteiger partial charge in [0.1, 0.15) is 6.54 Å². The van der Waals surface area contributed by atoms with Gasteiger partial charge in [-0.15, -0.1) is 0 Å². The van der Waals surface area contributed by atoms with Gasteiger partial charge in [0.25, 0.3) is 0 Å². The van der Waals surface area contributed by atoms with Gasteiger partial charge in [-0.3, -0.25) is 9.59 Å². The van der Waals surface area contributed by atoms with Crippen LogP contribution in [0.2, 0.25) is 0 Å². The highest BCUT2D eigenvalue weighted by Crippen LogP contribution is 2.12. The van der Waals surface area contributed by atoms with Crippen LogP contribution in [0.25, 0.3) is 0 Å². The summed E-state index contributed by atoms with van der Waals surface area (Å²) in [6.45, 7) is 9.53. The highest BCUT2D eigenvalue weighted by molar-refractivity contribution is 5.86. The number of likely N-dealkylation sites (N-methyl/N-ethyl adjacent to an activating group) is 1. The fraction of sp³-hybridized carbons (Fsp3) is 0.769. The molecular formula is C13H25N3O4. The lowest BCUT2D eigenvalue weighted by atomic mass is 10.1. The van der Waals surface area contributed by atoms with Crippen LogP contribution >= 0.6 is 0 Å². The van der Waals surface area contributed by atoms with Crippen LogP contribution in [0.4, 0.5) is 4.79 Å². The molecule has 0 aromatic heterocycles. The maximum absolute atomic E-state index is 12.0. The van der Waals surface area contributed by atoms with Crippen molar-refractivity contribution in [3.05, 3.63) is 0 Å². The van der Waals surface area contributed by atoms with E-state index >= 15 is 0 Å². The van der Waals surface area contributed by atoms with Gasteiger partial charge in [0.2, 0.25) is 5.91 Å². The largest absolute Gasteiger partial charge is 0.480 e. The quantitative estimate of drug-likeness (QED) is 0.754. The number of carboxylic acids is 1. The van der Waals surface area contributed by atoms with Crippen LogP contribution in [0.5, 0.6) is 0 Å². The number of carbonyl (C=O) groups is 3. The summed E-state index contributed by atoms with van der Waals surface area (Å²) < 4.78 is 0. The zero-order chi connectivity index (χ0) is 15.9. The third-order valence-electron chi connectivity index (χ3n) is 2.86. The van der Waals surface area contributed by atoms with E-state index in [2.05, 4.69) is 5.32 Å². The lowest BCUT2D eigenvalue weighted by Crippen LogP contribution is -2.54. The summed E-state index contributed by atoms with van der Waals surface area (Å²) in [4.78, 5) is 37.4. The molecule has 0 aliphatic heterocycles. The van der Waals surface area contributed by atoms with Gasteiger partial charge in [0, 0.05) is 18.6 Å². The Hall–Kier alpha value is -1.79. The molecule has 7 heteroatoms. The normalized spacial score (nSPS) is 10.8. The number of hydrogen-bond donors (Lipinski definition) is 2. The van der Waals surface area contributed by atoms with E-state index in [9.17, 15) is 14.4 Å². The smallest absolute Gasteiger partial charge is 0.323 e. The molecule has 0 saturated heterocycles. The van der Waals surface area contributed by atoms with Crippen molar-refractivity contribution in [1.82, 2.24) is 15.1 Å². The number of carbonyl (C=O) groups excluding carboxylic acids is 2. The van der Waals surface area contributed by atoms with Crippen LogP contribution in [0.1, 0.15) is 34.6 Å². The Morgan fingerprint density at radius 3 is 1.95 bits per heavy atom. The number of aliphatic carboxylic acids is 1. The molecule has 0 unspecified atom stereocenters. The summed E-state index contributed by atoms with van der Waals surface area (Å²) >= 11 is 0. The minimum Gasteiger partial charge on any atom is -0.480 e. The molecule has 0 saturated carbocycles. The summed E-state index contributed by atoms with van der Waals surface area (Å²) in [7, 11) is 0. The SMILES string of the molecule is CCN(CC)C(=O)CNC(=O)N(CC(=O)O)C(C)(C)C. The van der Waals surface area contributed by atoms with Gasteiger partial charge in [-0.1, -0.05) is 0 Å². The zero-order valence-corrected chi connectivity index (χ0v) is 12.9. The first-order valence-electron chi connectivity index (χ1n) is 6.68. The zero-order valence-electron chi connectivity index (χ0n) is 12.9. The molecule has 2 N–H and O–H groups in total. The number of nitrogens with one attached hydrogen (secondary N) is 1. The summed E-state index contributed by atoms with van der Waals surface area (Å²) in [5.41, 5.74) is -0.638. The molecular weight excluding hydrogens is 262 g/mol. The summed E-state index contributed by atoms with van der Waals surface area (Å²) in [5, 5.41) is 11.3. The minimum atomic E-state index is -1.09. The minimum absolute atomic E-state index is 0.132. The van der Waals surface area contributed by atoms with Crippen molar-refractivity contribution in [3.8, 4) is 0 Å². The number of rotatable bonds is 6. The van der Waals surface area contributed by atoms with Crippen molar-refractivity contribution >= 4 is 17.9 Å². The molecule has 116 valence electrons. The Morgan fingerprint density at radius 1 is 1.10 bits per heavy atom. The number of hydrogen-bond acceptors (Lipinski definition) is 3. The predicted octanol–water partition coefficient (Wildman–Crippen LogP) is 0.750. The molecule has 3 amide bonds. The van der Waals surface area contributed by atoms with E-state index < -0.39 is 24.1 Å². The van der Waals surface area contributed by atoms with Crippen molar-refractivity contribution in [2.45, 2.75) is 40.2 Å². The molecule has 20 heavy (non-hydrogen) atoms. The Bertz CT molecular complexity index is 359. The van der Waals surface area contributed by atoms with Crippen LogP contribution in [-0.4, -0.2) is 64.5 Å². The second kappa shape index (κ2) is 7.72. The molecule has 0 heterocycles. The van der Waals surface area contributed by atoms with Crippen molar-refractivity contribution in [3.63, 3.8) is 0 Å². The van der Waals surface area contributed by atoms with Gasteiger partial charge in [-0.25, -0.2) is 4.79 Å². The molecule has 0 aromatic rings. The van der Waals surface area contributed by atoms with E-state index in [1.165, 1.54) is 4.90 Å². The van der Waals surface area contributed by atoms with Crippen LogP contribution in [0, 0.1) is 0 Å². The first-order chi connectivity index (χ1) is 9.13. The van der Waals surface area contributed by atoms with Crippen LogP contribution in [0.3, 0.4) is 0 Å². The number of amides is 3. The van der Waals surface area contributed by atoms with Gasteiger partial charge in [0.05, 0.1) is 6.54 Å². The first kappa shape index (κ1) is 18.2. The van der Waals surface area contributed by atoms with Gasteiger partial charge in [-0.2, -0.15) is 0 Å². The molecule has 0 radical (unpaired) electrons. The molecule has 0 fully saturated rings. The lowest BCUT2D eigenvalue weighted by Gasteiger charge is -2.34. The molecule has 7 nitrogen and oxygen atoms in total. The van der Waals surface area contributed by atoms with Crippen LogP contribution in [0.15, 0.2) is 0 Å². The van der Waals surface area contributed by atoms with Gasteiger partial charge < -0.3 is 20.2 Å². The van der Waals surface area contributed by atoms with Crippen molar-refractivity contribution in [2.24, 2.45) is 0 Å². The average Bonchev–Trinajstić information content (AvgIpc) is 2.33. The lowest BCUT2D eigenvalue weighted by molar-refractivity contribution is -0.138. The highest BCUT2D eigenvalue weighted by Gasteiger charge is 2.28. The summed E-state index contributed by atoms with van der Waals surface area (Å²) in [6.07, 6.45) is 0. The van der Waals surface area contributed by atoms with Gasteiger partial charge in [0.15, 0.2) is 0 Å². The Morgan fingerprint density at radius 2 is 1.60 bits per heavy atom. The third kappa shape index (κ3) is 5.90.